The van der Waals surface area contributed by atoms with Gasteiger partial charge in [-0.25, -0.2) is 8.42 Å². The third kappa shape index (κ3) is 3.79. The zero-order valence-corrected chi connectivity index (χ0v) is 15.1. The topological polar surface area (TPSA) is 92.0 Å². The van der Waals surface area contributed by atoms with Crippen LogP contribution in [0.3, 0.4) is 0 Å². The Hall–Kier alpha value is -2.64. The molecule has 1 aliphatic heterocycles. The van der Waals surface area contributed by atoms with Crippen LogP contribution in [0.25, 0.3) is 5.70 Å². The van der Waals surface area contributed by atoms with Crippen LogP contribution in [0.2, 0.25) is 0 Å². The van der Waals surface area contributed by atoms with E-state index in [0.717, 1.165) is 11.1 Å². The Morgan fingerprint density at radius 2 is 1.96 bits per heavy atom. The fourth-order valence-corrected chi connectivity index (χ4v) is 3.31. The van der Waals surface area contributed by atoms with Crippen LogP contribution in [-0.2, 0) is 15.4 Å². The normalized spacial score (nSPS) is 19.8. The molecular formula is C19H19N3O3S. The summed E-state index contributed by atoms with van der Waals surface area (Å²) >= 11 is 0. The van der Waals surface area contributed by atoms with Crippen LogP contribution < -0.4 is 0 Å². The molecule has 0 bridgehead atoms. The first-order valence-electron chi connectivity index (χ1n) is 8.10. The Bertz CT molecular complexity index is 965. The van der Waals surface area contributed by atoms with Crippen LogP contribution in [0.1, 0.15) is 17.5 Å². The van der Waals surface area contributed by atoms with Crippen molar-refractivity contribution >= 4 is 15.5 Å². The van der Waals surface area contributed by atoms with Crippen molar-refractivity contribution in [2.24, 2.45) is 10.2 Å². The van der Waals surface area contributed by atoms with Crippen molar-refractivity contribution in [3.63, 3.8) is 0 Å². The second-order valence-corrected chi connectivity index (χ2v) is 8.02. The lowest BCUT2D eigenvalue weighted by molar-refractivity contribution is 0.302. The molecule has 0 radical (unpaired) electrons. The maximum Gasteiger partial charge on any atom is 0.175 e. The molecule has 1 aromatic heterocycles. The number of hydrogen-bond donors (Lipinski definition) is 1. The van der Waals surface area contributed by atoms with Crippen LogP contribution in [-0.4, -0.2) is 31.4 Å². The molecule has 1 unspecified atom stereocenters. The van der Waals surface area contributed by atoms with Gasteiger partial charge in [-0.15, -0.1) is 0 Å². The van der Waals surface area contributed by atoms with Crippen molar-refractivity contribution < 1.29 is 13.5 Å². The molecule has 1 aromatic carbocycles. The summed E-state index contributed by atoms with van der Waals surface area (Å²) in [4.78, 5) is 4.36. The largest absolute Gasteiger partial charge is 0.396 e. The molecule has 1 N–H and O–H groups in total. The van der Waals surface area contributed by atoms with E-state index in [-0.39, 0.29) is 11.5 Å². The quantitative estimate of drug-likeness (QED) is 0.792. The summed E-state index contributed by atoms with van der Waals surface area (Å²) in [5.74, 6) is 0. The maximum atomic E-state index is 11.7. The molecule has 26 heavy (non-hydrogen) atoms. The molecular weight excluding hydrogens is 350 g/mol. The van der Waals surface area contributed by atoms with Crippen molar-refractivity contribution in [1.29, 1.82) is 0 Å². The summed E-state index contributed by atoms with van der Waals surface area (Å²) in [6.07, 6.45) is 10.7. The molecule has 134 valence electrons. The van der Waals surface area contributed by atoms with Gasteiger partial charge in [0.2, 0.25) is 0 Å². The smallest absolute Gasteiger partial charge is 0.175 e. The summed E-state index contributed by atoms with van der Waals surface area (Å²) < 4.78 is 23.4. The fraction of sp³-hybridized carbons (Fsp3) is 0.211. The molecule has 2 aromatic rings. The third-order valence-corrected chi connectivity index (χ3v) is 5.18. The van der Waals surface area contributed by atoms with Crippen molar-refractivity contribution in [2.75, 3.05) is 12.9 Å². The Labute approximate surface area is 152 Å². The van der Waals surface area contributed by atoms with Gasteiger partial charge in [0, 0.05) is 30.8 Å². The van der Waals surface area contributed by atoms with Gasteiger partial charge in [0.25, 0.3) is 0 Å². The lowest BCUT2D eigenvalue weighted by Gasteiger charge is -2.19. The minimum absolute atomic E-state index is 0.0376. The zero-order valence-electron chi connectivity index (χ0n) is 14.3. The number of rotatable bonds is 6. The summed E-state index contributed by atoms with van der Waals surface area (Å²) in [5.41, 5.74) is 1.50. The van der Waals surface area contributed by atoms with E-state index in [9.17, 15) is 8.42 Å². The third-order valence-electron chi connectivity index (χ3n) is 4.05. The number of azo groups is 1. The number of aromatic nitrogens is 1. The van der Waals surface area contributed by atoms with E-state index in [1.165, 1.54) is 6.26 Å². The number of aliphatic hydroxyl groups is 1. The van der Waals surface area contributed by atoms with Gasteiger partial charge in [-0.2, -0.15) is 10.2 Å². The summed E-state index contributed by atoms with van der Waals surface area (Å²) in [5, 5.41) is 17.8. The van der Waals surface area contributed by atoms with Gasteiger partial charge >= 0.3 is 0 Å². The van der Waals surface area contributed by atoms with Gasteiger partial charge in [-0.1, -0.05) is 24.3 Å². The first-order chi connectivity index (χ1) is 12.4. The molecule has 7 heteroatoms. The minimum atomic E-state index is -3.27. The second-order valence-electron chi connectivity index (χ2n) is 6.01. The number of hydrogen-bond acceptors (Lipinski definition) is 6. The van der Waals surface area contributed by atoms with Gasteiger partial charge in [0.1, 0.15) is 5.54 Å². The first kappa shape index (κ1) is 18.2. The molecule has 0 fully saturated rings. The molecule has 2 heterocycles. The van der Waals surface area contributed by atoms with Crippen LogP contribution >= 0.6 is 0 Å². The van der Waals surface area contributed by atoms with Crippen LogP contribution in [0.15, 0.2) is 82.1 Å². The number of benzene rings is 1. The van der Waals surface area contributed by atoms with Crippen LogP contribution in [0.5, 0.6) is 0 Å². The highest BCUT2D eigenvalue weighted by atomic mass is 32.2. The highest BCUT2D eigenvalue weighted by Crippen LogP contribution is 2.39. The summed E-state index contributed by atoms with van der Waals surface area (Å²) in [6, 6.07) is 10.3. The SMILES string of the molecule is CS(=O)(=O)c1ccc(C2(C=CCCO)C=C(c3cccnc3)N=N2)cc1. The predicted octanol–water partition coefficient (Wildman–Crippen LogP) is 3.13. The summed E-state index contributed by atoms with van der Waals surface area (Å²) in [7, 11) is -3.27. The van der Waals surface area contributed by atoms with E-state index >= 15 is 0 Å². The Morgan fingerprint density at radius 1 is 1.19 bits per heavy atom. The molecule has 1 atom stereocenters. The monoisotopic (exact) mass is 369 g/mol. The van der Waals surface area contributed by atoms with Gasteiger partial charge in [-0.3, -0.25) is 4.98 Å². The standard InChI is InChI=1S/C19H19N3O3S/c1-26(24,25)17-8-6-16(7-9-17)19(10-2-3-12-23)13-18(21-22-19)15-5-4-11-20-14-15/h2,4-11,13-14,23H,3,12H2,1H3. The zero-order chi connectivity index (χ0) is 18.6. The highest BCUT2D eigenvalue weighted by Gasteiger charge is 2.32. The van der Waals surface area contributed by atoms with Gasteiger partial charge < -0.3 is 5.11 Å². The van der Waals surface area contributed by atoms with E-state index in [0.29, 0.717) is 12.1 Å². The molecule has 6 nitrogen and oxygen atoms in total. The number of sulfone groups is 1. The maximum absolute atomic E-state index is 11.7. The molecule has 3 rings (SSSR count). The number of nitrogens with zero attached hydrogens (tertiary/aromatic N) is 3. The van der Waals surface area contributed by atoms with E-state index in [2.05, 4.69) is 15.2 Å². The Balaban J connectivity index is 2.04. The molecule has 1 aliphatic rings. The molecule has 0 saturated carbocycles. The van der Waals surface area contributed by atoms with E-state index in [4.69, 9.17) is 5.11 Å². The van der Waals surface area contributed by atoms with E-state index in [1.54, 1.807) is 36.7 Å². The van der Waals surface area contributed by atoms with E-state index < -0.39 is 15.4 Å². The van der Waals surface area contributed by atoms with Gasteiger partial charge in [-0.05, 0) is 42.3 Å². The number of aliphatic hydroxyl groups excluding tert-OH is 1. The lowest BCUT2D eigenvalue weighted by Crippen LogP contribution is -2.16. The van der Waals surface area contributed by atoms with Crippen molar-refractivity contribution in [2.45, 2.75) is 16.9 Å². The van der Waals surface area contributed by atoms with Crippen LogP contribution in [0.4, 0.5) is 0 Å². The fourth-order valence-electron chi connectivity index (χ4n) is 2.68. The number of pyridine rings is 1. The van der Waals surface area contributed by atoms with Gasteiger partial charge in [0.15, 0.2) is 9.84 Å². The van der Waals surface area contributed by atoms with Crippen LogP contribution in [0, 0.1) is 0 Å². The van der Waals surface area contributed by atoms with Crippen molar-refractivity contribution in [3.05, 3.63) is 78.1 Å². The average molecular weight is 369 g/mol. The van der Waals surface area contributed by atoms with Crippen molar-refractivity contribution in [3.8, 4) is 0 Å². The van der Waals surface area contributed by atoms with Gasteiger partial charge in [0.05, 0.1) is 10.6 Å². The molecule has 0 saturated heterocycles. The van der Waals surface area contributed by atoms with E-state index in [1.807, 2.05) is 30.4 Å². The lowest BCUT2D eigenvalue weighted by atomic mass is 9.89. The molecule has 0 aliphatic carbocycles. The molecule has 0 spiro atoms. The first-order valence-corrected chi connectivity index (χ1v) is 9.99. The minimum Gasteiger partial charge on any atom is -0.396 e. The Kier molecular flexibility index (Phi) is 5.11. The molecule has 0 amide bonds. The highest BCUT2D eigenvalue weighted by molar-refractivity contribution is 7.90. The second kappa shape index (κ2) is 7.31. The predicted molar refractivity (Wildman–Crippen MR) is 99.1 cm³/mol. The summed E-state index contributed by atoms with van der Waals surface area (Å²) in [6.45, 7) is 0.0376. The van der Waals surface area contributed by atoms with Crippen molar-refractivity contribution in [1.82, 2.24) is 4.98 Å². The Morgan fingerprint density at radius 3 is 2.58 bits per heavy atom. The average Bonchev–Trinajstić information content (AvgIpc) is 3.08.